The molecule has 1 aromatic carbocycles. The van der Waals surface area contributed by atoms with Crippen molar-refractivity contribution in [3.63, 3.8) is 0 Å². The molecule has 33 heavy (non-hydrogen) atoms. The van der Waals surface area contributed by atoms with Gasteiger partial charge in [0.05, 0.1) is 18.2 Å². The standard InChI is InChI=1S/C21H23ClF3N5O2S/c1-2-12-33(31,32)30-10-8-29(9-11-30)20-17(14-15-4-3-5-16(22)13-15)19(21(23,24)25)27-18(28-20)6-7-26/h3-5,13H,2,6,8-12,14H2,1H3. The smallest absolute Gasteiger partial charge is 0.354 e. The van der Waals surface area contributed by atoms with Gasteiger partial charge in [-0.1, -0.05) is 30.7 Å². The van der Waals surface area contributed by atoms with Gasteiger partial charge in [0, 0.05) is 43.2 Å². The Balaban J connectivity index is 2.03. The number of nitrogens with zero attached hydrogens (tertiary/aromatic N) is 5. The van der Waals surface area contributed by atoms with Crippen molar-refractivity contribution in [1.29, 1.82) is 5.26 Å². The molecule has 7 nitrogen and oxygen atoms in total. The molecule has 3 rings (SSSR count). The van der Waals surface area contributed by atoms with Crippen molar-refractivity contribution in [2.24, 2.45) is 0 Å². The number of anilines is 1. The van der Waals surface area contributed by atoms with E-state index >= 15 is 0 Å². The van der Waals surface area contributed by atoms with Gasteiger partial charge < -0.3 is 4.90 Å². The van der Waals surface area contributed by atoms with Crippen LogP contribution in [0.25, 0.3) is 0 Å². The molecule has 1 aliphatic heterocycles. The number of sulfonamides is 1. The minimum Gasteiger partial charge on any atom is -0.354 e. The predicted octanol–water partition coefficient (Wildman–Crippen LogP) is 3.67. The maximum Gasteiger partial charge on any atom is 0.433 e. The molecule has 0 bridgehead atoms. The van der Waals surface area contributed by atoms with Gasteiger partial charge >= 0.3 is 6.18 Å². The van der Waals surface area contributed by atoms with Gasteiger partial charge in [-0.15, -0.1) is 0 Å². The van der Waals surface area contributed by atoms with E-state index in [0.29, 0.717) is 17.0 Å². The van der Waals surface area contributed by atoms with Crippen molar-refractivity contribution < 1.29 is 21.6 Å². The highest BCUT2D eigenvalue weighted by atomic mass is 35.5. The molecule has 0 N–H and O–H groups in total. The van der Waals surface area contributed by atoms with Gasteiger partial charge in [-0.3, -0.25) is 0 Å². The first-order valence-corrected chi connectivity index (χ1v) is 12.3. The fraction of sp³-hybridized carbons (Fsp3) is 0.476. The molecule has 2 aromatic rings. The number of alkyl halides is 3. The Morgan fingerprint density at radius 2 is 1.88 bits per heavy atom. The lowest BCUT2D eigenvalue weighted by Crippen LogP contribution is -2.50. The largest absolute Gasteiger partial charge is 0.433 e. The Labute approximate surface area is 195 Å². The summed E-state index contributed by atoms with van der Waals surface area (Å²) in [6.07, 6.45) is -4.78. The van der Waals surface area contributed by atoms with E-state index < -0.39 is 21.9 Å². The second-order valence-electron chi connectivity index (χ2n) is 7.63. The normalized spacial score (nSPS) is 15.5. The molecule has 1 aliphatic rings. The lowest BCUT2D eigenvalue weighted by Gasteiger charge is -2.36. The van der Waals surface area contributed by atoms with E-state index in [-0.39, 0.29) is 62.0 Å². The minimum absolute atomic E-state index is 0.0189. The van der Waals surface area contributed by atoms with Gasteiger partial charge in [0.2, 0.25) is 10.0 Å². The molecular weight excluding hydrogens is 479 g/mol. The SMILES string of the molecule is CCCS(=O)(=O)N1CCN(c2nc(CC#N)nc(C(F)(F)F)c2Cc2cccc(Cl)c2)CC1. The molecular formula is C21H23ClF3N5O2S. The van der Waals surface area contributed by atoms with Crippen molar-refractivity contribution in [2.45, 2.75) is 32.4 Å². The highest BCUT2D eigenvalue weighted by molar-refractivity contribution is 7.89. The van der Waals surface area contributed by atoms with Gasteiger partial charge in [0.25, 0.3) is 0 Å². The lowest BCUT2D eigenvalue weighted by atomic mass is 10.0. The number of hydrogen-bond acceptors (Lipinski definition) is 6. The Morgan fingerprint density at radius 1 is 1.18 bits per heavy atom. The summed E-state index contributed by atoms with van der Waals surface area (Å²) >= 11 is 6.02. The molecule has 1 fully saturated rings. The summed E-state index contributed by atoms with van der Waals surface area (Å²) in [5.41, 5.74) is -0.676. The van der Waals surface area contributed by atoms with Gasteiger partial charge in [0.15, 0.2) is 5.69 Å². The Kier molecular flexibility index (Phi) is 7.82. The Hall–Kier alpha value is -2.42. The number of rotatable bonds is 7. The molecule has 0 spiro atoms. The van der Waals surface area contributed by atoms with Crippen LogP contribution >= 0.6 is 11.6 Å². The average molecular weight is 502 g/mol. The zero-order valence-corrected chi connectivity index (χ0v) is 19.5. The second kappa shape index (κ2) is 10.2. The number of nitriles is 1. The quantitative estimate of drug-likeness (QED) is 0.575. The predicted molar refractivity (Wildman–Crippen MR) is 118 cm³/mol. The molecule has 12 heteroatoms. The maximum atomic E-state index is 14.0. The van der Waals surface area contributed by atoms with E-state index in [2.05, 4.69) is 9.97 Å². The van der Waals surface area contributed by atoms with Crippen LogP contribution in [0.15, 0.2) is 24.3 Å². The number of hydrogen-bond donors (Lipinski definition) is 0. The molecule has 0 aliphatic carbocycles. The lowest BCUT2D eigenvalue weighted by molar-refractivity contribution is -0.141. The molecule has 0 unspecified atom stereocenters. The summed E-state index contributed by atoms with van der Waals surface area (Å²) in [4.78, 5) is 9.59. The van der Waals surface area contributed by atoms with Crippen LogP contribution in [-0.4, -0.2) is 54.6 Å². The molecule has 2 heterocycles. The zero-order chi connectivity index (χ0) is 24.2. The van der Waals surface area contributed by atoms with Crippen LogP contribution in [0.5, 0.6) is 0 Å². The van der Waals surface area contributed by atoms with Crippen LogP contribution in [0, 0.1) is 11.3 Å². The summed E-state index contributed by atoms with van der Waals surface area (Å²) in [6.45, 7) is 2.39. The van der Waals surface area contributed by atoms with Gasteiger partial charge in [-0.2, -0.15) is 22.7 Å². The number of aromatic nitrogens is 2. The Bertz CT molecular complexity index is 1140. The van der Waals surface area contributed by atoms with Crippen molar-refractivity contribution in [3.8, 4) is 6.07 Å². The number of halogens is 4. The molecule has 0 atom stereocenters. The summed E-state index contributed by atoms with van der Waals surface area (Å²) in [5.74, 6) is -0.142. The van der Waals surface area contributed by atoms with Gasteiger partial charge in [-0.05, 0) is 24.1 Å². The first-order valence-electron chi connectivity index (χ1n) is 10.4. The second-order valence-corrected chi connectivity index (χ2v) is 10.2. The van der Waals surface area contributed by atoms with E-state index in [1.165, 1.54) is 4.31 Å². The van der Waals surface area contributed by atoms with Crippen molar-refractivity contribution >= 4 is 27.4 Å². The summed E-state index contributed by atoms with van der Waals surface area (Å²) < 4.78 is 68.1. The maximum absolute atomic E-state index is 14.0. The van der Waals surface area contributed by atoms with Crippen LogP contribution in [0.2, 0.25) is 5.02 Å². The van der Waals surface area contributed by atoms with Crippen LogP contribution in [0.3, 0.4) is 0 Å². The van der Waals surface area contributed by atoms with Crippen LogP contribution in [0.1, 0.15) is 36.0 Å². The van der Waals surface area contributed by atoms with E-state index in [1.54, 1.807) is 42.2 Å². The van der Waals surface area contributed by atoms with Gasteiger partial charge in [-0.25, -0.2) is 18.4 Å². The van der Waals surface area contributed by atoms with E-state index in [1.807, 2.05) is 0 Å². The molecule has 0 amide bonds. The highest BCUT2D eigenvalue weighted by Crippen LogP contribution is 2.36. The third-order valence-corrected chi connectivity index (χ3v) is 7.51. The van der Waals surface area contributed by atoms with E-state index in [9.17, 15) is 21.6 Å². The average Bonchev–Trinajstić information content (AvgIpc) is 2.74. The van der Waals surface area contributed by atoms with Crippen molar-refractivity contribution in [1.82, 2.24) is 14.3 Å². The summed E-state index contributed by atoms with van der Waals surface area (Å²) in [5, 5.41) is 9.40. The molecule has 0 radical (unpaired) electrons. The van der Waals surface area contributed by atoms with Crippen LogP contribution in [0.4, 0.5) is 19.0 Å². The van der Waals surface area contributed by atoms with E-state index in [0.717, 1.165) is 0 Å². The van der Waals surface area contributed by atoms with Crippen molar-refractivity contribution in [2.75, 3.05) is 36.8 Å². The molecule has 1 saturated heterocycles. The van der Waals surface area contributed by atoms with E-state index in [4.69, 9.17) is 16.9 Å². The van der Waals surface area contributed by atoms with Crippen LogP contribution in [-0.2, 0) is 29.0 Å². The van der Waals surface area contributed by atoms with Gasteiger partial charge in [0.1, 0.15) is 11.6 Å². The minimum atomic E-state index is -4.76. The number of piperazine rings is 1. The first kappa shape index (κ1) is 25.2. The zero-order valence-electron chi connectivity index (χ0n) is 17.9. The Morgan fingerprint density at radius 3 is 2.45 bits per heavy atom. The number of benzene rings is 1. The molecule has 178 valence electrons. The fourth-order valence-corrected chi connectivity index (χ4v) is 5.45. The summed E-state index contributed by atoms with van der Waals surface area (Å²) in [6, 6.07) is 8.30. The first-order chi connectivity index (χ1) is 15.5. The monoisotopic (exact) mass is 501 g/mol. The summed E-state index contributed by atoms with van der Waals surface area (Å²) in [7, 11) is -3.41. The molecule has 1 aromatic heterocycles. The third kappa shape index (κ3) is 6.13. The van der Waals surface area contributed by atoms with Crippen molar-refractivity contribution in [3.05, 3.63) is 51.9 Å². The highest BCUT2D eigenvalue weighted by Gasteiger charge is 2.39. The molecule has 0 saturated carbocycles. The topological polar surface area (TPSA) is 90.2 Å². The van der Waals surface area contributed by atoms with Crippen LogP contribution < -0.4 is 4.90 Å². The third-order valence-electron chi connectivity index (χ3n) is 5.20. The fourth-order valence-electron chi connectivity index (χ4n) is 3.74.